The fourth-order valence-electron chi connectivity index (χ4n) is 8.91. The van der Waals surface area contributed by atoms with Gasteiger partial charge in [0, 0.05) is 25.7 Å². The van der Waals surface area contributed by atoms with Gasteiger partial charge in [0.2, 0.25) is 0 Å². The van der Waals surface area contributed by atoms with Gasteiger partial charge in [-0.15, -0.1) is 0 Å². The molecule has 6 atom stereocenters. The molecular weight excluding hydrogens is 1100 g/mol. The number of esters is 4. The van der Waals surface area contributed by atoms with Gasteiger partial charge in [-0.1, -0.05) is 233 Å². The number of phosphoric ester groups is 2. The highest BCUT2D eigenvalue weighted by Gasteiger charge is 2.30. The average Bonchev–Trinajstić information content (AvgIpc) is 3.47. The van der Waals surface area contributed by atoms with Crippen LogP contribution in [0.2, 0.25) is 0 Å². The zero-order valence-corrected chi connectivity index (χ0v) is 54.9. The number of carbonyl (C=O) groups excluding carboxylic acids is 4. The van der Waals surface area contributed by atoms with Gasteiger partial charge in [0.05, 0.1) is 26.4 Å². The lowest BCUT2D eigenvalue weighted by Crippen LogP contribution is -2.30. The van der Waals surface area contributed by atoms with Crippen LogP contribution in [0, 0.1) is 17.8 Å². The van der Waals surface area contributed by atoms with Gasteiger partial charge >= 0.3 is 39.5 Å². The molecule has 0 aromatic rings. The second kappa shape index (κ2) is 54.9. The van der Waals surface area contributed by atoms with Crippen LogP contribution < -0.4 is 0 Å². The van der Waals surface area contributed by atoms with Crippen molar-refractivity contribution < 1.29 is 80.2 Å². The van der Waals surface area contributed by atoms with E-state index in [0.717, 1.165) is 121 Å². The van der Waals surface area contributed by atoms with Crippen LogP contribution in [0.15, 0.2) is 24.3 Å². The first-order valence-corrected chi connectivity index (χ1v) is 35.7. The molecule has 0 fully saturated rings. The molecule has 0 rings (SSSR count). The summed E-state index contributed by atoms with van der Waals surface area (Å²) >= 11 is 0. The van der Waals surface area contributed by atoms with Gasteiger partial charge < -0.3 is 33.8 Å². The zero-order valence-electron chi connectivity index (χ0n) is 53.1. The SMILES string of the molecule is CCCCCC/C=C\C=C/CCCCCCCC(=O)OC[C@H](COP(=O)(O)OC[C@@H](O)COP(=O)(O)OC[C@@H](COC(=O)CCCCCCCCC(C)C)OC(=O)CCCCCCCCC(C)CC)OC(=O)CCCCCCCCC(C)C. The molecule has 488 valence electrons. The molecule has 3 N–H and O–H groups in total. The van der Waals surface area contributed by atoms with Crippen molar-refractivity contribution in [3.63, 3.8) is 0 Å². The number of hydrogen-bond acceptors (Lipinski definition) is 15. The quantitative estimate of drug-likeness (QED) is 0.0169. The van der Waals surface area contributed by atoms with Crippen molar-refractivity contribution in [1.82, 2.24) is 0 Å². The monoisotopic (exact) mass is 1220 g/mol. The summed E-state index contributed by atoms with van der Waals surface area (Å²) in [5, 5.41) is 10.5. The van der Waals surface area contributed by atoms with E-state index in [9.17, 15) is 43.2 Å². The first-order chi connectivity index (χ1) is 39.8. The van der Waals surface area contributed by atoms with Crippen molar-refractivity contribution in [2.24, 2.45) is 17.8 Å². The summed E-state index contributed by atoms with van der Waals surface area (Å²) in [6, 6.07) is 0. The highest BCUT2D eigenvalue weighted by atomic mass is 31.2. The lowest BCUT2D eigenvalue weighted by Gasteiger charge is -2.21. The lowest BCUT2D eigenvalue weighted by molar-refractivity contribution is -0.161. The zero-order chi connectivity index (χ0) is 61.7. The number of hydrogen-bond donors (Lipinski definition) is 3. The fourth-order valence-corrected chi connectivity index (χ4v) is 10.5. The van der Waals surface area contributed by atoms with Crippen LogP contribution in [-0.2, 0) is 65.4 Å². The summed E-state index contributed by atoms with van der Waals surface area (Å²) in [7, 11) is -9.90. The van der Waals surface area contributed by atoms with Crippen LogP contribution in [-0.4, -0.2) is 96.7 Å². The van der Waals surface area contributed by atoms with E-state index in [4.69, 9.17) is 37.0 Å². The summed E-state index contributed by atoms with van der Waals surface area (Å²) in [5.74, 6) is -0.113. The Kier molecular flexibility index (Phi) is 53.3. The minimum absolute atomic E-state index is 0.0945. The molecule has 83 heavy (non-hydrogen) atoms. The Morgan fingerprint density at radius 2 is 0.711 bits per heavy atom. The van der Waals surface area contributed by atoms with Crippen LogP contribution in [0.1, 0.15) is 286 Å². The minimum Gasteiger partial charge on any atom is -0.462 e. The summed E-state index contributed by atoms with van der Waals surface area (Å²) in [4.78, 5) is 72.1. The fraction of sp³-hybridized carbons (Fsp3) is 0.875. The summed E-state index contributed by atoms with van der Waals surface area (Å²) in [6.07, 6.45) is 38.8. The van der Waals surface area contributed by atoms with Crippen LogP contribution in [0.5, 0.6) is 0 Å². The molecule has 0 amide bonds. The second-order valence-electron chi connectivity index (χ2n) is 23.7. The smallest absolute Gasteiger partial charge is 0.462 e. The van der Waals surface area contributed by atoms with Crippen molar-refractivity contribution in [3.05, 3.63) is 24.3 Å². The first kappa shape index (κ1) is 80.5. The summed E-state index contributed by atoms with van der Waals surface area (Å²) < 4.78 is 67.9. The molecule has 19 heteroatoms. The molecule has 3 unspecified atom stereocenters. The Labute approximate surface area is 503 Å². The van der Waals surface area contributed by atoms with Crippen molar-refractivity contribution in [2.45, 2.75) is 304 Å². The summed E-state index contributed by atoms with van der Waals surface area (Å²) in [5.41, 5.74) is 0. The molecule has 0 heterocycles. The molecule has 0 aliphatic carbocycles. The molecule has 0 aliphatic rings. The number of aliphatic hydroxyl groups is 1. The third-order valence-corrected chi connectivity index (χ3v) is 16.3. The van der Waals surface area contributed by atoms with Gasteiger partial charge in [0.25, 0.3) is 0 Å². The maximum atomic E-state index is 13.0. The number of aliphatic hydroxyl groups excluding tert-OH is 1. The van der Waals surface area contributed by atoms with Crippen molar-refractivity contribution >= 4 is 39.5 Å². The van der Waals surface area contributed by atoms with E-state index in [-0.39, 0.29) is 25.7 Å². The first-order valence-electron chi connectivity index (χ1n) is 32.7. The molecule has 0 saturated carbocycles. The highest BCUT2D eigenvalue weighted by Crippen LogP contribution is 2.45. The average molecular weight is 1220 g/mol. The van der Waals surface area contributed by atoms with Gasteiger partial charge in [-0.2, -0.15) is 0 Å². The third-order valence-electron chi connectivity index (χ3n) is 14.4. The molecule has 0 aromatic heterocycles. The molecule has 0 aliphatic heterocycles. The van der Waals surface area contributed by atoms with Crippen LogP contribution >= 0.6 is 15.6 Å². The maximum absolute atomic E-state index is 13.0. The predicted molar refractivity (Wildman–Crippen MR) is 330 cm³/mol. The van der Waals surface area contributed by atoms with E-state index in [1.807, 2.05) is 0 Å². The number of allylic oxidation sites excluding steroid dienone is 4. The van der Waals surface area contributed by atoms with E-state index in [1.165, 1.54) is 70.6 Å². The van der Waals surface area contributed by atoms with Crippen LogP contribution in [0.4, 0.5) is 0 Å². The molecule has 0 bridgehead atoms. The standard InChI is InChI=1S/C64H120O17P2/c1-8-10-11-12-13-14-15-16-17-18-19-20-21-31-38-45-61(66)74-51-59(80-63(68)47-40-33-26-23-29-36-43-56(5)6)53-78-82(70,71)76-49-58(65)50-77-83(72,73)79-54-60(52-75-62(67)46-39-32-25-22-28-35-42-55(3)4)81-64(69)48-41-34-27-24-30-37-44-57(7)9-2/h14-17,55-60,65H,8-13,18-54H2,1-7H3,(H,70,71)(H,72,73)/b15-14-,17-16-/t57?,58-,59-,60-/m1/s1. The Morgan fingerprint density at radius 1 is 0.398 bits per heavy atom. The van der Waals surface area contributed by atoms with Crippen molar-refractivity contribution in [2.75, 3.05) is 39.6 Å². The number of rotatable bonds is 60. The van der Waals surface area contributed by atoms with Crippen LogP contribution in [0.3, 0.4) is 0 Å². The number of carbonyl (C=O) groups is 4. The van der Waals surface area contributed by atoms with Gasteiger partial charge in [0.1, 0.15) is 19.3 Å². The van der Waals surface area contributed by atoms with Crippen molar-refractivity contribution in [1.29, 1.82) is 0 Å². The maximum Gasteiger partial charge on any atom is 0.472 e. The Morgan fingerprint density at radius 3 is 1.07 bits per heavy atom. The van der Waals surface area contributed by atoms with E-state index < -0.39 is 97.5 Å². The van der Waals surface area contributed by atoms with E-state index in [1.54, 1.807) is 0 Å². The lowest BCUT2D eigenvalue weighted by atomic mass is 10.00. The van der Waals surface area contributed by atoms with Gasteiger partial charge in [0.15, 0.2) is 12.2 Å². The van der Waals surface area contributed by atoms with Crippen LogP contribution in [0.25, 0.3) is 0 Å². The number of ether oxygens (including phenoxy) is 4. The van der Waals surface area contributed by atoms with E-state index in [2.05, 4.69) is 72.8 Å². The Hall–Kier alpha value is -2.46. The summed E-state index contributed by atoms with van der Waals surface area (Å²) in [6.45, 7) is 11.5. The van der Waals surface area contributed by atoms with Gasteiger partial charge in [-0.05, 0) is 69.1 Å². The normalized spacial score (nSPS) is 14.9. The van der Waals surface area contributed by atoms with Crippen molar-refractivity contribution in [3.8, 4) is 0 Å². The largest absolute Gasteiger partial charge is 0.472 e. The Balaban J connectivity index is 5.25. The third kappa shape index (κ3) is 57.1. The second-order valence-corrected chi connectivity index (χ2v) is 26.6. The Bertz CT molecular complexity index is 1740. The van der Waals surface area contributed by atoms with Gasteiger partial charge in [-0.3, -0.25) is 37.3 Å². The molecular formula is C64H120O17P2. The number of phosphoric acid groups is 2. The highest BCUT2D eigenvalue weighted by molar-refractivity contribution is 7.47. The molecule has 17 nitrogen and oxygen atoms in total. The molecule has 0 saturated heterocycles. The molecule has 0 aromatic carbocycles. The van der Waals surface area contributed by atoms with Gasteiger partial charge in [-0.25, -0.2) is 9.13 Å². The topological polar surface area (TPSA) is 237 Å². The molecule has 0 spiro atoms. The molecule has 0 radical (unpaired) electrons. The predicted octanol–water partition coefficient (Wildman–Crippen LogP) is 17.1. The van der Waals surface area contributed by atoms with E-state index >= 15 is 0 Å². The van der Waals surface area contributed by atoms with E-state index in [0.29, 0.717) is 37.5 Å². The minimum atomic E-state index is -4.95. The number of unbranched alkanes of at least 4 members (excludes halogenated alkanes) is 24.